The number of carbonyl (C=O) groups is 1. The SMILES string of the molecule is CNC(=O)N(C)C(CCSC)P(=O)(O)O. The topological polar surface area (TPSA) is 89.9 Å². The van der Waals surface area contributed by atoms with Crippen LogP contribution in [0.4, 0.5) is 4.79 Å². The number of nitrogens with zero attached hydrogens (tertiary/aromatic N) is 1. The molecule has 1 atom stereocenters. The third-order valence-electron chi connectivity index (χ3n) is 1.95. The number of amides is 2. The van der Waals surface area contributed by atoms with Gasteiger partial charge >= 0.3 is 13.6 Å². The molecule has 0 rings (SSSR count). The molecule has 0 bridgehead atoms. The van der Waals surface area contributed by atoms with Gasteiger partial charge < -0.3 is 20.0 Å². The van der Waals surface area contributed by atoms with Gasteiger partial charge in [0.05, 0.1) is 0 Å². The van der Waals surface area contributed by atoms with E-state index in [1.165, 1.54) is 25.9 Å². The summed E-state index contributed by atoms with van der Waals surface area (Å²) in [6.45, 7) is 0. The first-order valence-electron chi connectivity index (χ1n) is 4.33. The van der Waals surface area contributed by atoms with Gasteiger partial charge in [-0.3, -0.25) is 4.57 Å². The van der Waals surface area contributed by atoms with Crippen LogP contribution >= 0.6 is 19.4 Å². The van der Waals surface area contributed by atoms with Crippen LogP contribution in [0.2, 0.25) is 0 Å². The second-order valence-electron chi connectivity index (χ2n) is 3.02. The van der Waals surface area contributed by atoms with Gasteiger partial charge in [-0.05, 0) is 18.4 Å². The van der Waals surface area contributed by atoms with Crippen LogP contribution in [-0.2, 0) is 4.57 Å². The van der Waals surface area contributed by atoms with Gasteiger partial charge in [0.2, 0.25) is 0 Å². The Kier molecular flexibility index (Phi) is 6.28. The van der Waals surface area contributed by atoms with Gasteiger partial charge in [0.15, 0.2) is 0 Å². The lowest BCUT2D eigenvalue weighted by atomic mass is 10.4. The fourth-order valence-corrected chi connectivity index (χ4v) is 2.78. The Morgan fingerprint density at radius 2 is 2.13 bits per heavy atom. The van der Waals surface area contributed by atoms with E-state index < -0.39 is 19.4 Å². The van der Waals surface area contributed by atoms with E-state index in [9.17, 15) is 9.36 Å². The highest BCUT2D eigenvalue weighted by molar-refractivity contribution is 7.98. The van der Waals surface area contributed by atoms with Crippen molar-refractivity contribution in [3.63, 3.8) is 0 Å². The molecule has 0 spiro atoms. The molecule has 0 heterocycles. The first-order chi connectivity index (χ1) is 6.84. The first-order valence-corrected chi connectivity index (χ1v) is 7.40. The molecule has 0 fully saturated rings. The molecule has 90 valence electrons. The molecule has 0 saturated heterocycles. The van der Waals surface area contributed by atoms with Gasteiger partial charge in [0.1, 0.15) is 5.78 Å². The van der Waals surface area contributed by atoms with Gasteiger partial charge in [-0.1, -0.05) is 0 Å². The third kappa shape index (κ3) is 4.88. The van der Waals surface area contributed by atoms with Crippen molar-refractivity contribution in [3.05, 3.63) is 0 Å². The van der Waals surface area contributed by atoms with Crippen molar-refractivity contribution >= 4 is 25.4 Å². The summed E-state index contributed by atoms with van der Waals surface area (Å²) in [7, 11) is -1.48. The Morgan fingerprint density at radius 1 is 1.60 bits per heavy atom. The Hall–Kier alpha value is -0.230. The summed E-state index contributed by atoms with van der Waals surface area (Å²) in [4.78, 5) is 30.5. The van der Waals surface area contributed by atoms with E-state index in [2.05, 4.69) is 5.32 Å². The molecule has 1 unspecified atom stereocenters. The second-order valence-corrected chi connectivity index (χ2v) is 5.78. The number of nitrogens with one attached hydrogen (secondary N) is 1. The van der Waals surface area contributed by atoms with E-state index in [1.54, 1.807) is 0 Å². The molecule has 15 heavy (non-hydrogen) atoms. The largest absolute Gasteiger partial charge is 0.347 e. The van der Waals surface area contributed by atoms with Crippen molar-refractivity contribution in [2.45, 2.75) is 12.2 Å². The third-order valence-corrected chi connectivity index (χ3v) is 3.97. The lowest BCUT2D eigenvalue weighted by Crippen LogP contribution is -2.42. The second kappa shape index (κ2) is 6.37. The Morgan fingerprint density at radius 3 is 2.47 bits per heavy atom. The highest BCUT2D eigenvalue weighted by Crippen LogP contribution is 2.44. The van der Waals surface area contributed by atoms with E-state index in [0.717, 1.165) is 4.90 Å². The van der Waals surface area contributed by atoms with Crippen LogP contribution in [-0.4, -0.2) is 52.6 Å². The fraction of sp³-hybridized carbons (Fsp3) is 0.857. The van der Waals surface area contributed by atoms with Crippen LogP contribution in [0.3, 0.4) is 0 Å². The molecule has 0 aliphatic carbocycles. The zero-order valence-electron chi connectivity index (χ0n) is 9.01. The summed E-state index contributed by atoms with van der Waals surface area (Å²) in [6.07, 6.45) is 2.12. The molecular formula is C7H17N2O4PS. The zero-order valence-corrected chi connectivity index (χ0v) is 10.7. The number of urea groups is 1. The zero-order chi connectivity index (χ0) is 12.1. The normalized spacial score (nSPS) is 13.4. The molecule has 8 heteroatoms. The minimum absolute atomic E-state index is 0.273. The molecule has 0 aromatic heterocycles. The minimum atomic E-state index is -4.28. The monoisotopic (exact) mass is 256 g/mol. The highest BCUT2D eigenvalue weighted by Gasteiger charge is 2.34. The number of hydrogen-bond acceptors (Lipinski definition) is 3. The average molecular weight is 256 g/mol. The van der Waals surface area contributed by atoms with Crippen LogP contribution in [0.5, 0.6) is 0 Å². The van der Waals surface area contributed by atoms with Crippen molar-refractivity contribution in [2.24, 2.45) is 0 Å². The number of hydrogen-bond donors (Lipinski definition) is 3. The molecule has 6 nitrogen and oxygen atoms in total. The fourth-order valence-electron chi connectivity index (χ4n) is 1.12. The van der Waals surface area contributed by atoms with Gasteiger partial charge in [-0.15, -0.1) is 0 Å². The Bertz CT molecular complexity index is 257. The number of carbonyl (C=O) groups excluding carboxylic acids is 1. The molecule has 0 aliphatic heterocycles. The van der Waals surface area contributed by atoms with Gasteiger partial charge in [-0.25, -0.2) is 4.79 Å². The highest BCUT2D eigenvalue weighted by atomic mass is 32.2. The molecular weight excluding hydrogens is 239 g/mol. The smallest absolute Gasteiger partial charge is 0.341 e. The van der Waals surface area contributed by atoms with Gasteiger partial charge in [-0.2, -0.15) is 11.8 Å². The summed E-state index contributed by atoms with van der Waals surface area (Å²) < 4.78 is 11.2. The summed E-state index contributed by atoms with van der Waals surface area (Å²) in [5.74, 6) is -0.457. The first kappa shape index (κ1) is 14.8. The summed E-state index contributed by atoms with van der Waals surface area (Å²) >= 11 is 1.48. The Balaban J connectivity index is 4.63. The quantitative estimate of drug-likeness (QED) is 0.624. The van der Waals surface area contributed by atoms with Crippen LogP contribution < -0.4 is 5.32 Å². The number of thioether (sulfide) groups is 1. The molecule has 3 N–H and O–H groups in total. The van der Waals surface area contributed by atoms with E-state index in [4.69, 9.17) is 9.79 Å². The maximum Gasteiger partial charge on any atom is 0.347 e. The lowest BCUT2D eigenvalue weighted by Gasteiger charge is -2.28. The van der Waals surface area contributed by atoms with Gasteiger partial charge in [0, 0.05) is 14.1 Å². The lowest BCUT2D eigenvalue weighted by molar-refractivity contribution is 0.196. The molecule has 0 aromatic rings. The van der Waals surface area contributed by atoms with Crippen molar-refractivity contribution in [3.8, 4) is 0 Å². The van der Waals surface area contributed by atoms with E-state index in [-0.39, 0.29) is 6.42 Å². The molecule has 0 aliphatic rings. The molecule has 0 saturated carbocycles. The van der Waals surface area contributed by atoms with Crippen molar-refractivity contribution in [1.82, 2.24) is 10.2 Å². The molecule has 2 amide bonds. The average Bonchev–Trinajstić information content (AvgIpc) is 2.14. The number of rotatable bonds is 5. The van der Waals surface area contributed by atoms with Crippen LogP contribution in [0.1, 0.15) is 6.42 Å². The molecule has 0 aromatic carbocycles. The van der Waals surface area contributed by atoms with E-state index in [0.29, 0.717) is 5.75 Å². The van der Waals surface area contributed by atoms with Crippen LogP contribution in [0.25, 0.3) is 0 Å². The Labute approximate surface area is 93.6 Å². The van der Waals surface area contributed by atoms with E-state index in [1.807, 2.05) is 6.26 Å². The maximum absolute atomic E-state index is 11.2. The predicted octanol–water partition coefficient (Wildman–Crippen LogP) is 0.514. The summed E-state index contributed by atoms with van der Waals surface area (Å²) in [5, 5.41) is 2.33. The van der Waals surface area contributed by atoms with E-state index >= 15 is 0 Å². The summed E-state index contributed by atoms with van der Waals surface area (Å²) in [6, 6.07) is -0.496. The standard InChI is InChI=1S/C7H17N2O4PS/c1-8-7(10)9(2)6(4-5-15-3)14(11,12)13/h6H,4-5H2,1-3H3,(H,8,10)(H2,11,12,13). The van der Waals surface area contributed by atoms with Gasteiger partial charge in [0.25, 0.3) is 0 Å². The van der Waals surface area contributed by atoms with Crippen molar-refractivity contribution in [2.75, 3.05) is 26.1 Å². The molecule has 0 radical (unpaired) electrons. The van der Waals surface area contributed by atoms with Crippen LogP contribution in [0, 0.1) is 0 Å². The maximum atomic E-state index is 11.2. The van der Waals surface area contributed by atoms with Crippen molar-refractivity contribution in [1.29, 1.82) is 0 Å². The summed E-state index contributed by atoms with van der Waals surface area (Å²) in [5.41, 5.74) is 0. The minimum Gasteiger partial charge on any atom is -0.341 e. The van der Waals surface area contributed by atoms with Crippen LogP contribution in [0.15, 0.2) is 0 Å². The van der Waals surface area contributed by atoms with Crippen molar-refractivity contribution < 1.29 is 19.1 Å². The predicted molar refractivity (Wildman–Crippen MR) is 61.0 cm³/mol.